The van der Waals surface area contributed by atoms with Crippen molar-refractivity contribution in [2.45, 2.75) is 20.3 Å². The van der Waals surface area contributed by atoms with Gasteiger partial charge in [0.1, 0.15) is 5.78 Å². The van der Waals surface area contributed by atoms with Crippen LogP contribution in [0, 0.1) is 0 Å². The van der Waals surface area contributed by atoms with Crippen molar-refractivity contribution in [3.8, 4) is 0 Å². The first kappa shape index (κ1) is 13.8. The fourth-order valence-electron chi connectivity index (χ4n) is 0.635. The molecule has 0 saturated carbocycles. The van der Waals surface area contributed by atoms with Crippen LogP contribution >= 0.6 is 21.6 Å². The van der Waals surface area contributed by atoms with Crippen LogP contribution in [0.3, 0.4) is 0 Å². The lowest BCUT2D eigenvalue weighted by Crippen LogP contribution is -2.25. The van der Waals surface area contributed by atoms with Crippen molar-refractivity contribution in [2.75, 3.05) is 25.1 Å². The van der Waals surface area contributed by atoms with E-state index in [2.05, 4.69) is 0 Å². The predicted octanol–water partition coefficient (Wildman–Crippen LogP) is 1.83. The maximum atomic E-state index is 10.8. The number of Topliss-reactive ketones (excluding diaryl/α,β-unsaturated/α-hetero) is 1. The van der Waals surface area contributed by atoms with Crippen molar-refractivity contribution in [3.05, 3.63) is 0 Å². The Balaban J connectivity index is 3.21. The fraction of sp³-hybridized carbons (Fsp3) is 0.778. The average molecular weight is 235 g/mol. The number of hydrogen-bond acceptors (Lipinski definition) is 4. The molecule has 0 saturated heterocycles. The summed E-state index contributed by atoms with van der Waals surface area (Å²) in [4.78, 5) is 23.1. The Labute approximate surface area is 93.4 Å². The molecule has 1 amide bonds. The molecular weight excluding hydrogens is 218 g/mol. The van der Waals surface area contributed by atoms with Gasteiger partial charge in [-0.2, -0.15) is 0 Å². The molecule has 0 N–H and O–H groups in total. The minimum absolute atomic E-state index is 0.0966. The van der Waals surface area contributed by atoms with Gasteiger partial charge in [-0.1, -0.05) is 21.6 Å². The summed E-state index contributed by atoms with van der Waals surface area (Å²) >= 11 is 0. The molecule has 3 nitrogen and oxygen atoms in total. The van der Waals surface area contributed by atoms with Crippen molar-refractivity contribution in [2.24, 2.45) is 0 Å². The van der Waals surface area contributed by atoms with Crippen molar-refractivity contribution in [1.82, 2.24) is 4.90 Å². The van der Waals surface area contributed by atoms with Crippen molar-refractivity contribution >= 4 is 33.3 Å². The number of rotatable bonds is 7. The molecule has 0 aromatic heterocycles. The first-order valence-electron chi connectivity index (χ1n) is 4.49. The maximum absolute atomic E-state index is 10.8. The number of ketones is 1. The monoisotopic (exact) mass is 235 g/mol. The largest absolute Gasteiger partial charge is 0.345 e. The first-order valence-corrected chi connectivity index (χ1v) is 6.98. The van der Waals surface area contributed by atoms with Gasteiger partial charge in [-0.3, -0.25) is 9.59 Å². The van der Waals surface area contributed by atoms with E-state index in [0.717, 1.165) is 18.1 Å². The van der Waals surface area contributed by atoms with E-state index in [9.17, 15) is 9.59 Å². The van der Waals surface area contributed by atoms with Gasteiger partial charge >= 0.3 is 0 Å². The summed E-state index contributed by atoms with van der Waals surface area (Å²) in [6, 6.07) is 0. The molecule has 82 valence electrons. The molecule has 0 aromatic carbocycles. The zero-order valence-corrected chi connectivity index (χ0v) is 10.5. The van der Waals surface area contributed by atoms with Gasteiger partial charge in [0.2, 0.25) is 5.91 Å². The summed E-state index contributed by atoms with van der Waals surface area (Å²) in [6.07, 6.45) is 0.639. The van der Waals surface area contributed by atoms with Gasteiger partial charge in [0.05, 0.1) is 0 Å². The van der Waals surface area contributed by atoms with Gasteiger partial charge in [-0.15, -0.1) is 0 Å². The van der Waals surface area contributed by atoms with Crippen LogP contribution in [0.4, 0.5) is 0 Å². The molecule has 0 rings (SSSR count). The average Bonchev–Trinajstić information content (AvgIpc) is 2.09. The molecule has 0 aliphatic carbocycles. The third-order valence-electron chi connectivity index (χ3n) is 1.67. The summed E-state index contributed by atoms with van der Waals surface area (Å²) in [6.45, 7) is 3.94. The summed E-state index contributed by atoms with van der Waals surface area (Å²) in [5, 5.41) is 0. The molecule has 0 spiro atoms. The van der Waals surface area contributed by atoms with Crippen LogP contribution in [0.2, 0.25) is 0 Å². The van der Waals surface area contributed by atoms with Crippen LogP contribution < -0.4 is 0 Å². The first-order chi connectivity index (χ1) is 6.54. The van der Waals surface area contributed by atoms with Crippen LogP contribution in [-0.2, 0) is 9.59 Å². The van der Waals surface area contributed by atoms with Gasteiger partial charge in [-0.05, 0) is 6.92 Å². The third-order valence-corrected chi connectivity index (χ3v) is 4.06. The Morgan fingerprint density at radius 3 is 2.21 bits per heavy atom. The lowest BCUT2D eigenvalue weighted by atomic mass is 10.4. The van der Waals surface area contributed by atoms with Crippen LogP contribution in [0.25, 0.3) is 0 Å². The molecule has 0 aromatic rings. The van der Waals surface area contributed by atoms with Crippen molar-refractivity contribution in [3.63, 3.8) is 0 Å². The quantitative estimate of drug-likeness (QED) is 0.498. The second-order valence-electron chi connectivity index (χ2n) is 3.04. The summed E-state index contributed by atoms with van der Waals surface area (Å²) in [7, 11) is 5.20. The van der Waals surface area contributed by atoms with E-state index in [1.165, 1.54) is 0 Å². The molecule has 0 heterocycles. The SMILES string of the molecule is CC(=O)CCSSCCN(C)C(C)=O. The van der Waals surface area contributed by atoms with E-state index in [1.807, 2.05) is 0 Å². The maximum Gasteiger partial charge on any atom is 0.219 e. The molecule has 0 fully saturated rings. The molecule has 0 atom stereocenters. The fourth-order valence-corrected chi connectivity index (χ4v) is 2.77. The number of amides is 1. The normalized spacial score (nSPS) is 9.93. The van der Waals surface area contributed by atoms with Gasteiger partial charge in [0.15, 0.2) is 0 Å². The molecule has 5 heteroatoms. The molecule has 0 unspecified atom stereocenters. The topological polar surface area (TPSA) is 37.4 Å². The van der Waals surface area contributed by atoms with Crippen LogP contribution in [0.1, 0.15) is 20.3 Å². The number of carbonyl (C=O) groups is 2. The van der Waals surface area contributed by atoms with Gasteiger partial charge in [-0.25, -0.2) is 0 Å². The zero-order chi connectivity index (χ0) is 11.0. The van der Waals surface area contributed by atoms with Gasteiger partial charge in [0.25, 0.3) is 0 Å². The second-order valence-corrected chi connectivity index (χ2v) is 5.74. The zero-order valence-electron chi connectivity index (χ0n) is 8.91. The Kier molecular flexibility index (Phi) is 8.08. The number of carbonyl (C=O) groups excluding carboxylic acids is 2. The molecule has 14 heavy (non-hydrogen) atoms. The summed E-state index contributed by atoms with van der Waals surface area (Å²) < 4.78 is 0. The minimum Gasteiger partial charge on any atom is -0.345 e. The highest BCUT2D eigenvalue weighted by molar-refractivity contribution is 8.76. The van der Waals surface area contributed by atoms with Crippen LogP contribution in [-0.4, -0.2) is 41.7 Å². The van der Waals surface area contributed by atoms with Crippen LogP contribution in [0.15, 0.2) is 0 Å². The number of hydrogen-bond donors (Lipinski definition) is 0. The Hall–Kier alpha value is -0.160. The Morgan fingerprint density at radius 2 is 1.71 bits per heavy atom. The van der Waals surface area contributed by atoms with E-state index < -0.39 is 0 Å². The summed E-state index contributed by atoms with van der Waals surface area (Å²) in [5.74, 6) is 2.11. The van der Waals surface area contributed by atoms with E-state index in [1.54, 1.807) is 47.4 Å². The predicted molar refractivity (Wildman–Crippen MR) is 63.5 cm³/mol. The van der Waals surface area contributed by atoms with Gasteiger partial charge < -0.3 is 4.90 Å². The number of nitrogens with zero attached hydrogens (tertiary/aromatic N) is 1. The molecule has 0 radical (unpaired) electrons. The minimum atomic E-state index is 0.0966. The van der Waals surface area contributed by atoms with Crippen molar-refractivity contribution < 1.29 is 9.59 Å². The lowest BCUT2D eigenvalue weighted by Gasteiger charge is -2.13. The van der Waals surface area contributed by atoms with Crippen LogP contribution in [0.5, 0.6) is 0 Å². The summed E-state index contributed by atoms with van der Waals surface area (Å²) in [5.41, 5.74) is 0. The Bertz CT molecular complexity index is 197. The second kappa shape index (κ2) is 8.17. The molecule has 0 bridgehead atoms. The highest BCUT2D eigenvalue weighted by atomic mass is 33.1. The molecular formula is C9H17NO2S2. The highest BCUT2D eigenvalue weighted by Gasteiger charge is 2.01. The van der Waals surface area contributed by atoms with E-state index in [4.69, 9.17) is 0 Å². The Morgan fingerprint density at radius 1 is 1.14 bits per heavy atom. The third kappa shape index (κ3) is 8.44. The standard InChI is InChI=1S/C9H17NO2S2/c1-8(11)4-6-13-14-7-5-10(3)9(2)12/h4-7H2,1-3H3. The van der Waals surface area contributed by atoms with Crippen molar-refractivity contribution in [1.29, 1.82) is 0 Å². The smallest absolute Gasteiger partial charge is 0.219 e. The molecule has 0 aliphatic rings. The molecule has 0 aliphatic heterocycles. The highest BCUT2D eigenvalue weighted by Crippen LogP contribution is 2.21. The van der Waals surface area contributed by atoms with Gasteiger partial charge in [0, 0.05) is 38.4 Å². The van der Waals surface area contributed by atoms with E-state index >= 15 is 0 Å². The lowest BCUT2D eigenvalue weighted by molar-refractivity contribution is -0.127. The van der Waals surface area contributed by atoms with E-state index in [0.29, 0.717) is 6.42 Å². The van der Waals surface area contributed by atoms with E-state index in [-0.39, 0.29) is 11.7 Å².